The Hall–Kier alpha value is -3.27. The molecule has 2 aliphatic heterocycles. The van der Waals surface area contributed by atoms with Crippen LogP contribution in [0.15, 0.2) is 29.2 Å². The van der Waals surface area contributed by atoms with Gasteiger partial charge in [0.15, 0.2) is 5.75 Å². The number of carbonyl (C=O) groups excluding carboxylic acids is 4. The van der Waals surface area contributed by atoms with Crippen LogP contribution in [0.5, 0.6) is 5.75 Å². The largest absolute Gasteiger partial charge is 0.493 e. The molecule has 3 amide bonds. The van der Waals surface area contributed by atoms with Gasteiger partial charge in [-0.2, -0.15) is 4.72 Å². The zero-order chi connectivity index (χ0) is 32.7. The van der Waals surface area contributed by atoms with E-state index in [0.717, 1.165) is 29.9 Å². The number of carbonyl (C=O) groups is 4. The minimum atomic E-state index is -4.71. The van der Waals surface area contributed by atoms with Crippen molar-refractivity contribution >= 4 is 62.3 Å². The van der Waals surface area contributed by atoms with E-state index < -0.39 is 57.1 Å². The summed E-state index contributed by atoms with van der Waals surface area (Å²) >= 11 is 6.96. The first-order valence-corrected chi connectivity index (χ1v) is 17.3. The molecule has 3 heterocycles. The van der Waals surface area contributed by atoms with Gasteiger partial charge in [0, 0.05) is 38.2 Å². The summed E-state index contributed by atoms with van der Waals surface area (Å²) < 4.78 is 56.0. The number of likely N-dealkylation sites (tertiary alicyclic amines) is 1. The molecule has 0 bridgehead atoms. The lowest BCUT2D eigenvalue weighted by atomic mass is 9.98. The number of benzene rings is 1. The van der Waals surface area contributed by atoms with Gasteiger partial charge in [-0.15, -0.1) is 11.3 Å². The van der Waals surface area contributed by atoms with E-state index in [4.69, 9.17) is 21.1 Å². The number of sulfonamides is 1. The first kappa shape index (κ1) is 34.6. The van der Waals surface area contributed by atoms with Crippen LogP contribution >= 0.6 is 22.9 Å². The topological polar surface area (TPSA) is 151 Å². The van der Waals surface area contributed by atoms with Crippen molar-refractivity contribution in [3.8, 4) is 5.75 Å². The molecule has 2 N–H and O–H groups in total. The summed E-state index contributed by atoms with van der Waals surface area (Å²) in [5.74, 6) is -3.25. The van der Waals surface area contributed by atoms with E-state index in [2.05, 4.69) is 10.0 Å². The van der Waals surface area contributed by atoms with E-state index in [1.54, 1.807) is 6.92 Å². The molecule has 246 valence electrons. The minimum Gasteiger partial charge on any atom is -0.493 e. The fraction of sp³-hybridized carbons (Fsp3) is 0.517. The fourth-order valence-electron chi connectivity index (χ4n) is 5.48. The Balaban J connectivity index is 1.67. The summed E-state index contributed by atoms with van der Waals surface area (Å²) in [6.45, 7) is 1.87. The molecular weight excluding hydrogens is 651 g/mol. The monoisotopic (exact) mass is 686 g/mol. The van der Waals surface area contributed by atoms with E-state index in [9.17, 15) is 32.0 Å². The molecule has 0 radical (unpaired) electrons. The highest BCUT2D eigenvalue weighted by molar-refractivity contribution is 7.89. The Kier molecular flexibility index (Phi) is 11.8. The second-order valence-electron chi connectivity index (χ2n) is 10.6. The Morgan fingerprint density at radius 2 is 1.91 bits per heavy atom. The van der Waals surface area contributed by atoms with Crippen molar-refractivity contribution in [2.24, 2.45) is 0 Å². The van der Waals surface area contributed by atoms with Gasteiger partial charge >= 0.3 is 5.97 Å². The normalized spacial score (nSPS) is 18.0. The van der Waals surface area contributed by atoms with Gasteiger partial charge in [0.05, 0.1) is 35.0 Å². The number of amides is 3. The van der Waals surface area contributed by atoms with Gasteiger partial charge in [-0.1, -0.05) is 11.6 Å². The summed E-state index contributed by atoms with van der Waals surface area (Å²) in [4.78, 5) is 54.1. The van der Waals surface area contributed by atoms with Crippen molar-refractivity contribution in [1.29, 1.82) is 0 Å². The number of nitrogens with zero attached hydrogens (tertiary/aromatic N) is 2. The lowest BCUT2D eigenvalue weighted by molar-refractivity contribution is -0.147. The first-order valence-electron chi connectivity index (χ1n) is 14.6. The molecule has 1 aromatic carbocycles. The number of nitrogens with one attached hydrogen (secondary N) is 2. The smallest absolute Gasteiger partial charge is 0.307 e. The molecule has 2 unspecified atom stereocenters. The number of ether oxygens (including phenoxy) is 2. The average Bonchev–Trinajstić information content (AvgIpc) is 3.45. The average molecular weight is 687 g/mol. The maximum Gasteiger partial charge on any atom is 0.307 e. The molecule has 2 saturated heterocycles. The Bertz CT molecular complexity index is 1540. The number of esters is 1. The predicted molar refractivity (Wildman–Crippen MR) is 166 cm³/mol. The number of hydrogen-bond acceptors (Lipinski definition) is 9. The number of methoxy groups -OCH3 is 1. The predicted octanol–water partition coefficient (Wildman–Crippen LogP) is 3.48. The molecule has 2 aromatic rings. The third-order valence-corrected chi connectivity index (χ3v) is 10.3. The van der Waals surface area contributed by atoms with Gasteiger partial charge in [0.25, 0.3) is 5.91 Å². The van der Waals surface area contributed by atoms with Crippen molar-refractivity contribution in [1.82, 2.24) is 14.9 Å². The fourth-order valence-corrected chi connectivity index (χ4v) is 7.83. The molecule has 45 heavy (non-hydrogen) atoms. The molecule has 0 spiro atoms. The van der Waals surface area contributed by atoms with Crippen LogP contribution in [0.25, 0.3) is 0 Å². The van der Waals surface area contributed by atoms with Crippen LogP contribution in [0.2, 0.25) is 4.34 Å². The van der Waals surface area contributed by atoms with Gasteiger partial charge < -0.3 is 24.6 Å². The Morgan fingerprint density at radius 1 is 1.16 bits per heavy atom. The molecule has 2 aliphatic rings. The van der Waals surface area contributed by atoms with Crippen LogP contribution in [-0.2, 0) is 29.1 Å². The summed E-state index contributed by atoms with van der Waals surface area (Å²) in [5.41, 5.74) is -0.0427. The zero-order valence-corrected chi connectivity index (χ0v) is 27.4. The molecule has 12 nitrogen and oxygen atoms in total. The molecule has 4 rings (SSSR count). The van der Waals surface area contributed by atoms with Crippen molar-refractivity contribution in [3.05, 3.63) is 39.3 Å². The summed E-state index contributed by atoms with van der Waals surface area (Å²) in [6.07, 6.45) is 3.29. The maximum atomic E-state index is 15.0. The highest BCUT2D eigenvalue weighted by atomic mass is 35.5. The van der Waals surface area contributed by atoms with Gasteiger partial charge in [0.2, 0.25) is 21.8 Å². The molecule has 1 aromatic heterocycles. The van der Waals surface area contributed by atoms with Crippen molar-refractivity contribution < 1.29 is 41.5 Å². The van der Waals surface area contributed by atoms with Gasteiger partial charge in [-0.05, 0) is 57.2 Å². The van der Waals surface area contributed by atoms with E-state index in [1.165, 1.54) is 29.0 Å². The molecule has 2 atom stereocenters. The van der Waals surface area contributed by atoms with Crippen LogP contribution in [-0.4, -0.2) is 82.4 Å². The molecule has 2 fully saturated rings. The number of anilines is 1. The van der Waals surface area contributed by atoms with Gasteiger partial charge in [0.1, 0.15) is 16.8 Å². The number of piperidine rings is 2. The summed E-state index contributed by atoms with van der Waals surface area (Å²) in [7, 11) is -3.51. The Morgan fingerprint density at radius 3 is 2.58 bits per heavy atom. The number of rotatable bonds is 12. The number of hydrogen-bond donors (Lipinski definition) is 2. The quantitative estimate of drug-likeness (QED) is 0.322. The number of thiophene rings is 1. The second kappa shape index (κ2) is 15.3. The van der Waals surface area contributed by atoms with E-state index in [-0.39, 0.29) is 54.8 Å². The summed E-state index contributed by atoms with van der Waals surface area (Å²) in [5, 5.41) is 2.58. The molecule has 16 heteroatoms. The highest BCUT2D eigenvalue weighted by Crippen LogP contribution is 2.38. The van der Waals surface area contributed by atoms with Crippen molar-refractivity contribution in [3.63, 3.8) is 0 Å². The molecule has 0 aliphatic carbocycles. The second-order valence-corrected chi connectivity index (χ2v) is 14.0. The Labute approximate surface area is 270 Å². The first-order chi connectivity index (χ1) is 21.4. The van der Waals surface area contributed by atoms with Crippen LogP contribution in [0.4, 0.5) is 10.1 Å². The third kappa shape index (κ3) is 8.51. The van der Waals surface area contributed by atoms with E-state index >= 15 is 0 Å². The third-order valence-electron chi connectivity index (χ3n) is 7.58. The lowest BCUT2D eigenvalue weighted by Crippen LogP contribution is -2.57. The maximum absolute atomic E-state index is 15.0. The minimum absolute atomic E-state index is 0.0427. The van der Waals surface area contributed by atoms with E-state index in [0.29, 0.717) is 30.0 Å². The zero-order valence-electron chi connectivity index (χ0n) is 25.0. The lowest BCUT2D eigenvalue weighted by Gasteiger charge is -2.37. The molecular formula is C29H36ClFN4O8S2. The van der Waals surface area contributed by atoms with Crippen LogP contribution < -0.4 is 19.7 Å². The molecule has 0 saturated carbocycles. The standard InChI is InChI=1S/C29H36ClFN4O8S2/c1-3-43-26(37)16-19-8-4-6-12-34(19)29(39)20(17-32-28(38)22-10-11-24(30)44-22)33-45(40,41)23-15-18(31)14-21(27(23)42-2)35-13-7-5-9-25(35)36/h10-11,14-15,19-20,33H,3-9,12-13,16-17H2,1-2H3,(H,32,38). The highest BCUT2D eigenvalue weighted by Gasteiger charge is 2.37. The summed E-state index contributed by atoms with van der Waals surface area (Å²) in [6, 6.07) is 2.70. The van der Waals surface area contributed by atoms with Crippen molar-refractivity contribution in [2.45, 2.75) is 68.8 Å². The van der Waals surface area contributed by atoms with Crippen LogP contribution in [0.1, 0.15) is 61.5 Å². The van der Waals surface area contributed by atoms with Gasteiger partial charge in [-0.3, -0.25) is 19.2 Å². The van der Waals surface area contributed by atoms with Crippen LogP contribution in [0.3, 0.4) is 0 Å². The number of halogens is 2. The van der Waals surface area contributed by atoms with Gasteiger partial charge in [-0.25, -0.2) is 12.8 Å². The van der Waals surface area contributed by atoms with E-state index in [1.807, 2.05) is 0 Å². The van der Waals surface area contributed by atoms with Crippen molar-refractivity contribution in [2.75, 3.05) is 38.3 Å². The SMILES string of the molecule is CCOC(=O)CC1CCCCN1C(=O)C(CNC(=O)c1ccc(Cl)s1)NS(=O)(=O)c1cc(F)cc(N2CCCCC2=O)c1OC. The van der Waals surface area contributed by atoms with Crippen LogP contribution in [0, 0.1) is 5.82 Å².